The third-order valence-corrected chi connectivity index (χ3v) is 4.40. The molecule has 0 aromatic heterocycles. The van der Waals surface area contributed by atoms with Crippen LogP contribution < -0.4 is 16.4 Å². The molecule has 27 heavy (non-hydrogen) atoms. The minimum absolute atomic E-state index is 0.0514. The van der Waals surface area contributed by atoms with Gasteiger partial charge < -0.3 is 21.5 Å². The first kappa shape index (κ1) is 20.3. The molecule has 1 unspecified atom stereocenters. The van der Waals surface area contributed by atoms with E-state index in [0.29, 0.717) is 17.2 Å². The van der Waals surface area contributed by atoms with Crippen molar-refractivity contribution >= 4 is 17.3 Å². The van der Waals surface area contributed by atoms with Gasteiger partial charge in [-0.3, -0.25) is 4.79 Å². The molecule has 0 saturated carbocycles. The maximum Gasteiger partial charge on any atom is 0.307 e. The molecule has 2 aromatic rings. The second-order valence-electron chi connectivity index (χ2n) is 6.58. The van der Waals surface area contributed by atoms with Gasteiger partial charge in [0.05, 0.1) is 23.4 Å². The van der Waals surface area contributed by atoms with Gasteiger partial charge in [0.1, 0.15) is 6.07 Å². The zero-order chi connectivity index (χ0) is 19.6. The molecule has 1 atom stereocenters. The van der Waals surface area contributed by atoms with Gasteiger partial charge in [-0.1, -0.05) is 37.3 Å². The molecule has 6 heteroatoms. The molecule has 0 amide bonds. The van der Waals surface area contributed by atoms with Gasteiger partial charge in [0, 0.05) is 13.1 Å². The van der Waals surface area contributed by atoms with Gasteiger partial charge in [0.15, 0.2) is 0 Å². The number of carboxylic acids is 1. The van der Waals surface area contributed by atoms with Crippen LogP contribution in [0, 0.1) is 11.3 Å². The number of anilines is 2. The number of para-hydroxylation sites is 1. The van der Waals surface area contributed by atoms with E-state index in [0.717, 1.165) is 42.9 Å². The van der Waals surface area contributed by atoms with Gasteiger partial charge in [-0.15, -0.1) is 0 Å². The largest absolute Gasteiger partial charge is 0.481 e. The minimum atomic E-state index is -0.814. The van der Waals surface area contributed by atoms with Crippen molar-refractivity contribution in [3.63, 3.8) is 0 Å². The summed E-state index contributed by atoms with van der Waals surface area (Å²) in [7, 11) is 0. The minimum Gasteiger partial charge on any atom is -0.481 e. The van der Waals surface area contributed by atoms with Crippen molar-refractivity contribution in [1.29, 1.82) is 5.26 Å². The Morgan fingerprint density at radius 2 is 2.04 bits per heavy atom. The molecule has 0 radical (unpaired) electrons. The van der Waals surface area contributed by atoms with Crippen LogP contribution in [0.1, 0.15) is 36.0 Å². The second-order valence-corrected chi connectivity index (χ2v) is 6.58. The molecule has 0 spiro atoms. The molecule has 0 aliphatic heterocycles. The second kappa shape index (κ2) is 10.2. The van der Waals surface area contributed by atoms with Crippen molar-refractivity contribution in [3.05, 3.63) is 59.2 Å². The number of nitrogens with two attached hydrogens (primary N) is 1. The summed E-state index contributed by atoms with van der Waals surface area (Å²) in [4.78, 5) is 10.8. The first-order valence-electron chi connectivity index (χ1n) is 9.05. The van der Waals surface area contributed by atoms with Crippen LogP contribution in [0.25, 0.3) is 0 Å². The molecule has 2 rings (SSSR count). The average molecular weight is 366 g/mol. The summed E-state index contributed by atoms with van der Waals surface area (Å²) in [6.45, 7) is 4.56. The third-order valence-electron chi connectivity index (χ3n) is 4.40. The van der Waals surface area contributed by atoms with Gasteiger partial charge in [0.2, 0.25) is 0 Å². The molecular formula is C21H26N4O2. The number of nitrogen functional groups attached to an aromatic ring is 1. The van der Waals surface area contributed by atoms with E-state index in [-0.39, 0.29) is 6.42 Å². The number of benzene rings is 2. The van der Waals surface area contributed by atoms with E-state index < -0.39 is 5.97 Å². The number of carbonyl (C=O) groups is 1. The summed E-state index contributed by atoms with van der Waals surface area (Å²) < 4.78 is 0. The Bertz CT molecular complexity index is 814. The van der Waals surface area contributed by atoms with Gasteiger partial charge in [-0.2, -0.15) is 5.26 Å². The first-order valence-corrected chi connectivity index (χ1v) is 9.05. The molecule has 0 aliphatic carbocycles. The predicted molar refractivity (Wildman–Crippen MR) is 108 cm³/mol. The zero-order valence-electron chi connectivity index (χ0n) is 15.5. The Hall–Kier alpha value is -3.04. The predicted octanol–water partition coefficient (Wildman–Crippen LogP) is 2.96. The Labute approximate surface area is 160 Å². The van der Waals surface area contributed by atoms with Gasteiger partial charge in [0.25, 0.3) is 0 Å². The van der Waals surface area contributed by atoms with Gasteiger partial charge in [-0.05, 0) is 42.1 Å². The summed E-state index contributed by atoms with van der Waals surface area (Å²) >= 11 is 0. The third kappa shape index (κ3) is 6.32. The lowest BCUT2D eigenvalue weighted by molar-refractivity contribution is -0.136. The highest BCUT2D eigenvalue weighted by atomic mass is 16.4. The van der Waals surface area contributed by atoms with E-state index >= 15 is 0 Å². The lowest BCUT2D eigenvalue weighted by Crippen LogP contribution is -2.23. The molecule has 0 fully saturated rings. The number of hydrogen-bond acceptors (Lipinski definition) is 5. The molecule has 6 nitrogen and oxygen atoms in total. The fourth-order valence-electron chi connectivity index (χ4n) is 2.87. The van der Waals surface area contributed by atoms with Crippen LogP contribution in [0.2, 0.25) is 0 Å². The van der Waals surface area contributed by atoms with Crippen LogP contribution in [0.3, 0.4) is 0 Å². The fraction of sp³-hybridized carbons (Fsp3) is 0.333. The monoisotopic (exact) mass is 366 g/mol. The van der Waals surface area contributed by atoms with Crippen LogP contribution in [-0.2, 0) is 11.2 Å². The van der Waals surface area contributed by atoms with E-state index in [1.165, 1.54) is 0 Å². The molecule has 5 N–H and O–H groups in total. The van der Waals surface area contributed by atoms with Crippen molar-refractivity contribution in [1.82, 2.24) is 5.32 Å². The number of carboxylic acid groups (broad SMARTS) is 1. The summed E-state index contributed by atoms with van der Waals surface area (Å²) in [5.74, 6) is -0.513. The smallest absolute Gasteiger partial charge is 0.307 e. The lowest BCUT2D eigenvalue weighted by atomic mass is 9.98. The highest BCUT2D eigenvalue weighted by Gasteiger charge is 2.08. The quantitative estimate of drug-likeness (QED) is 0.380. The summed E-state index contributed by atoms with van der Waals surface area (Å²) in [6.07, 6.45) is 0.970. The summed E-state index contributed by atoms with van der Waals surface area (Å²) in [5.41, 5.74) is 9.67. The van der Waals surface area contributed by atoms with E-state index in [1.807, 2.05) is 36.4 Å². The van der Waals surface area contributed by atoms with Crippen molar-refractivity contribution in [2.24, 2.45) is 0 Å². The zero-order valence-corrected chi connectivity index (χ0v) is 15.5. The van der Waals surface area contributed by atoms with Crippen molar-refractivity contribution < 1.29 is 9.90 Å². The first-order chi connectivity index (χ1) is 13.0. The normalized spacial score (nSPS) is 11.6. The van der Waals surface area contributed by atoms with E-state index in [2.05, 4.69) is 23.6 Å². The Kier molecular flexibility index (Phi) is 7.65. The summed E-state index contributed by atoms with van der Waals surface area (Å²) in [5, 5.41) is 24.6. The van der Waals surface area contributed by atoms with E-state index in [1.54, 1.807) is 6.07 Å². The molecule has 2 aromatic carbocycles. The van der Waals surface area contributed by atoms with Crippen molar-refractivity contribution in [3.8, 4) is 6.07 Å². The van der Waals surface area contributed by atoms with E-state index in [4.69, 9.17) is 16.1 Å². The Balaban J connectivity index is 1.71. The number of hydrogen-bond donors (Lipinski definition) is 4. The van der Waals surface area contributed by atoms with Crippen LogP contribution in [-0.4, -0.2) is 30.7 Å². The highest BCUT2D eigenvalue weighted by Crippen LogP contribution is 2.21. The van der Waals surface area contributed by atoms with E-state index in [9.17, 15) is 4.79 Å². The number of nitrogens with one attached hydrogen (secondary N) is 2. The summed E-state index contributed by atoms with van der Waals surface area (Å²) in [6, 6.07) is 15.2. The van der Waals surface area contributed by atoms with Crippen LogP contribution in [0.4, 0.5) is 11.4 Å². The molecule has 0 saturated heterocycles. The van der Waals surface area contributed by atoms with Crippen LogP contribution in [0.5, 0.6) is 0 Å². The van der Waals surface area contributed by atoms with Crippen molar-refractivity contribution in [2.75, 3.05) is 30.7 Å². The Morgan fingerprint density at radius 1 is 1.26 bits per heavy atom. The lowest BCUT2D eigenvalue weighted by Gasteiger charge is -2.15. The molecule has 0 bridgehead atoms. The molecule has 142 valence electrons. The number of nitriles is 1. The molecule has 0 aliphatic rings. The maximum atomic E-state index is 10.8. The SMILES string of the molecule is CC(CNCCCNc1cccc(C#N)c1N)c1cccc(CC(=O)O)c1. The molecule has 0 heterocycles. The van der Waals surface area contributed by atoms with Gasteiger partial charge >= 0.3 is 5.97 Å². The number of rotatable bonds is 10. The van der Waals surface area contributed by atoms with Crippen LogP contribution >= 0.6 is 0 Å². The average Bonchev–Trinajstić information content (AvgIpc) is 2.65. The van der Waals surface area contributed by atoms with Gasteiger partial charge in [-0.25, -0.2) is 0 Å². The maximum absolute atomic E-state index is 10.8. The Morgan fingerprint density at radius 3 is 2.78 bits per heavy atom. The number of aliphatic carboxylic acids is 1. The fourth-order valence-corrected chi connectivity index (χ4v) is 2.87. The standard InChI is InChI=1S/C21H26N4O2/c1-15(17-6-2-5-16(11-17)12-20(26)27)14-24-9-4-10-25-19-8-3-7-18(13-22)21(19)23/h2-3,5-8,11,15,24-25H,4,9-10,12,14,23H2,1H3,(H,26,27). The van der Waals surface area contributed by atoms with Crippen LogP contribution in [0.15, 0.2) is 42.5 Å². The topological polar surface area (TPSA) is 111 Å². The molecular weight excluding hydrogens is 340 g/mol. The van der Waals surface area contributed by atoms with Crippen molar-refractivity contribution in [2.45, 2.75) is 25.7 Å². The number of nitrogens with zero attached hydrogens (tertiary/aromatic N) is 1. The highest BCUT2D eigenvalue weighted by molar-refractivity contribution is 5.72.